The molecule has 24 heavy (non-hydrogen) atoms. The number of rotatable bonds is 2. The molecule has 0 spiro atoms. The molecule has 8 nitrogen and oxygen atoms in total. The van der Waals surface area contributed by atoms with Crippen LogP contribution in [0.25, 0.3) is 0 Å². The molecule has 0 saturated carbocycles. The van der Waals surface area contributed by atoms with Gasteiger partial charge in [0.1, 0.15) is 5.60 Å². The molecule has 2 unspecified atom stereocenters. The van der Waals surface area contributed by atoms with Crippen LogP contribution in [0.2, 0.25) is 0 Å². The number of hydrogen-bond acceptors (Lipinski definition) is 6. The molecule has 2 atom stereocenters. The van der Waals surface area contributed by atoms with Crippen molar-refractivity contribution in [1.82, 2.24) is 9.80 Å². The van der Waals surface area contributed by atoms with Gasteiger partial charge in [0.15, 0.2) is 0 Å². The first kappa shape index (κ1) is 18.0. The molecule has 2 aliphatic heterocycles. The highest BCUT2D eigenvalue weighted by Gasteiger charge is 2.45. The molecule has 2 saturated heterocycles. The van der Waals surface area contributed by atoms with Crippen LogP contribution in [-0.4, -0.2) is 52.6 Å². The van der Waals surface area contributed by atoms with E-state index in [0.717, 1.165) is 12.8 Å². The van der Waals surface area contributed by atoms with Crippen LogP contribution in [-0.2, 0) is 9.53 Å². The van der Waals surface area contributed by atoms with E-state index in [1.54, 1.807) is 9.80 Å². The van der Waals surface area contributed by atoms with Crippen LogP contribution in [0.1, 0.15) is 33.6 Å². The van der Waals surface area contributed by atoms with E-state index in [9.17, 15) is 9.59 Å². The second kappa shape index (κ2) is 6.62. The Morgan fingerprint density at radius 1 is 1.04 bits per heavy atom. The number of nitrogens with zero attached hydrogens (tertiary/aromatic N) is 2. The van der Waals surface area contributed by atoms with E-state index in [2.05, 4.69) is 0 Å². The fourth-order valence-electron chi connectivity index (χ4n) is 3.12. The Labute approximate surface area is 142 Å². The van der Waals surface area contributed by atoms with E-state index >= 15 is 0 Å². The molecule has 2 amide bonds. The van der Waals surface area contributed by atoms with E-state index in [1.165, 1.54) is 12.2 Å². The van der Waals surface area contributed by atoms with Crippen molar-refractivity contribution in [3.8, 4) is 0 Å². The molecule has 2 rings (SSSR count). The van der Waals surface area contributed by atoms with Gasteiger partial charge in [-0.05, 0) is 45.8 Å². The highest BCUT2D eigenvalue weighted by Crippen LogP contribution is 2.32. The normalized spacial score (nSPS) is 23.9. The molecule has 2 heterocycles. The smallest absolute Gasteiger partial charge is 0.410 e. The molecule has 6 N–H and O–H groups in total. The number of allylic oxidation sites excluding steroid dienone is 2. The Bertz CT molecular complexity index is 561. The summed E-state index contributed by atoms with van der Waals surface area (Å²) in [5, 5.41) is 0. The summed E-state index contributed by atoms with van der Waals surface area (Å²) in [5.74, 6) is -0.186. The predicted octanol–water partition coefficient (Wildman–Crippen LogP) is 0.198. The lowest BCUT2D eigenvalue weighted by Crippen LogP contribution is -2.58. The van der Waals surface area contributed by atoms with E-state index in [0.29, 0.717) is 13.1 Å². The van der Waals surface area contributed by atoms with Crippen LogP contribution < -0.4 is 17.2 Å². The summed E-state index contributed by atoms with van der Waals surface area (Å²) in [6.45, 7) is 6.42. The number of carbonyl (C=O) groups excluding carboxylic acids is 2. The first-order valence-electron chi connectivity index (χ1n) is 8.07. The average molecular weight is 337 g/mol. The Hall–Kier alpha value is -2.38. The fourth-order valence-corrected chi connectivity index (χ4v) is 3.12. The summed E-state index contributed by atoms with van der Waals surface area (Å²) in [4.78, 5) is 28.3. The predicted molar refractivity (Wildman–Crippen MR) is 90.2 cm³/mol. The average Bonchev–Trinajstić information content (AvgIpc) is 2.73. The molecule has 0 aromatic carbocycles. The summed E-state index contributed by atoms with van der Waals surface area (Å²) in [6.07, 6.45) is 4.18. The lowest BCUT2D eigenvalue weighted by atomic mass is 10.1. The summed E-state index contributed by atoms with van der Waals surface area (Å²) in [5.41, 5.74) is 16.0. The summed E-state index contributed by atoms with van der Waals surface area (Å²) in [6, 6.07) is -0.0732. The number of piperazine rings is 1. The van der Waals surface area contributed by atoms with E-state index in [1.807, 2.05) is 20.8 Å². The van der Waals surface area contributed by atoms with Crippen molar-refractivity contribution >= 4 is 12.0 Å². The summed E-state index contributed by atoms with van der Waals surface area (Å²) >= 11 is 0. The minimum atomic E-state index is -0.537. The number of amides is 2. The largest absolute Gasteiger partial charge is 0.444 e. The van der Waals surface area contributed by atoms with Crippen LogP contribution in [0, 0.1) is 0 Å². The Kier molecular flexibility index (Phi) is 4.96. The van der Waals surface area contributed by atoms with Crippen molar-refractivity contribution in [2.24, 2.45) is 17.2 Å². The fraction of sp³-hybridized carbons (Fsp3) is 0.625. The standard InChI is InChI=1S/C16H27N5O3/c1-16(2,3)24-15(23)21-10-4-5-11(21)9-20(8-10)14(22)12(17)6-7-13(18)19/h6-7,10-11H,4-5,8-9,17-19H2,1-3H3/b12-6-. The molecule has 134 valence electrons. The minimum absolute atomic E-state index is 0.0366. The second-order valence-corrected chi connectivity index (χ2v) is 7.27. The third kappa shape index (κ3) is 4.12. The van der Waals surface area contributed by atoms with Gasteiger partial charge in [-0.15, -0.1) is 0 Å². The minimum Gasteiger partial charge on any atom is -0.444 e. The van der Waals surface area contributed by atoms with Crippen LogP contribution in [0.15, 0.2) is 23.7 Å². The molecular weight excluding hydrogens is 310 g/mol. The van der Waals surface area contributed by atoms with Gasteiger partial charge in [0.25, 0.3) is 5.91 Å². The zero-order valence-corrected chi connectivity index (χ0v) is 14.5. The molecule has 2 fully saturated rings. The summed E-state index contributed by atoms with van der Waals surface area (Å²) in [7, 11) is 0. The van der Waals surface area contributed by atoms with Crippen LogP contribution in [0.4, 0.5) is 4.79 Å². The summed E-state index contributed by atoms with van der Waals surface area (Å²) < 4.78 is 5.48. The van der Waals surface area contributed by atoms with Gasteiger partial charge in [0.2, 0.25) is 0 Å². The van der Waals surface area contributed by atoms with Crippen molar-refractivity contribution in [2.75, 3.05) is 13.1 Å². The van der Waals surface area contributed by atoms with Gasteiger partial charge in [-0.2, -0.15) is 0 Å². The van der Waals surface area contributed by atoms with Gasteiger partial charge in [0, 0.05) is 13.1 Å². The molecule has 2 aliphatic rings. The second-order valence-electron chi connectivity index (χ2n) is 7.27. The topological polar surface area (TPSA) is 128 Å². The van der Waals surface area contributed by atoms with E-state index in [4.69, 9.17) is 21.9 Å². The Balaban J connectivity index is 2.05. The zero-order chi connectivity index (χ0) is 18.1. The monoisotopic (exact) mass is 337 g/mol. The van der Waals surface area contributed by atoms with Crippen molar-refractivity contribution in [3.63, 3.8) is 0 Å². The molecule has 0 aliphatic carbocycles. The number of nitrogens with two attached hydrogens (primary N) is 3. The van der Waals surface area contributed by atoms with Crippen LogP contribution in [0.3, 0.4) is 0 Å². The van der Waals surface area contributed by atoms with Gasteiger partial charge in [-0.3, -0.25) is 9.69 Å². The number of hydrogen-bond donors (Lipinski definition) is 3. The van der Waals surface area contributed by atoms with Gasteiger partial charge >= 0.3 is 6.09 Å². The highest BCUT2D eigenvalue weighted by atomic mass is 16.6. The van der Waals surface area contributed by atoms with Crippen molar-refractivity contribution in [3.05, 3.63) is 23.7 Å². The maximum absolute atomic E-state index is 12.4. The highest BCUT2D eigenvalue weighted by molar-refractivity contribution is 5.93. The number of carbonyl (C=O) groups is 2. The SMILES string of the molecule is CC(C)(C)OC(=O)N1C2CCC1CN(C(=O)/C(N)=C/C=C(N)N)C2. The number of ether oxygens (including phenoxy) is 1. The van der Waals surface area contributed by atoms with E-state index < -0.39 is 5.60 Å². The molecule has 8 heteroatoms. The number of likely N-dealkylation sites (tertiary alicyclic amines) is 1. The van der Waals surface area contributed by atoms with Crippen LogP contribution >= 0.6 is 0 Å². The van der Waals surface area contributed by atoms with Crippen molar-refractivity contribution in [1.29, 1.82) is 0 Å². The maximum Gasteiger partial charge on any atom is 0.410 e. The molecule has 2 bridgehead atoms. The molecule has 0 radical (unpaired) electrons. The molecule has 0 aromatic heterocycles. The molecular formula is C16H27N5O3. The third-order valence-corrected chi connectivity index (χ3v) is 4.08. The first-order chi connectivity index (χ1) is 11.1. The zero-order valence-electron chi connectivity index (χ0n) is 14.5. The van der Waals surface area contributed by atoms with Gasteiger partial charge in [-0.25, -0.2) is 4.79 Å². The van der Waals surface area contributed by atoms with Gasteiger partial charge in [-0.1, -0.05) is 0 Å². The van der Waals surface area contributed by atoms with Gasteiger partial charge in [0.05, 0.1) is 23.6 Å². The third-order valence-electron chi connectivity index (χ3n) is 4.08. The number of fused-ring (bicyclic) bond motifs is 2. The lowest BCUT2D eigenvalue weighted by Gasteiger charge is -2.41. The van der Waals surface area contributed by atoms with E-state index in [-0.39, 0.29) is 35.6 Å². The first-order valence-corrected chi connectivity index (χ1v) is 8.07. The Morgan fingerprint density at radius 2 is 1.58 bits per heavy atom. The molecule has 0 aromatic rings. The Morgan fingerprint density at radius 3 is 2.04 bits per heavy atom. The van der Waals surface area contributed by atoms with Crippen molar-refractivity contribution in [2.45, 2.75) is 51.3 Å². The van der Waals surface area contributed by atoms with Crippen LogP contribution in [0.5, 0.6) is 0 Å². The lowest BCUT2D eigenvalue weighted by molar-refractivity contribution is -0.130. The quantitative estimate of drug-likeness (QED) is 0.488. The van der Waals surface area contributed by atoms with Crippen molar-refractivity contribution < 1.29 is 14.3 Å². The maximum atomic E-state index is 12.4. The van der Waals surface area contributed by atoms with Gasteiger partial charge < -0.3 is 26.8 Å².